The minimum atomic E-state index is 0.281. The standard InChI is InChI=1S/C40H34N2O/c1-3-8-29(9-4-1)36-20-33(21-37(42-36)30-10-5-2-6-11-30)31-12-7-13-32(19-31)34-14-15-35(38-39(34)43-25-41-38)40-22-26-16-27(23-40)18-28(17-26)24-40/h1-15,19-21,25-28H,16-18,22-24H2. The van der Waals surface area contributed by atoms with E-state index in [0.29, 0.717) is 0 Å². The third kappa shape index (κ3) is 4.25. The second kappa shape index (κ2) is 9.77. The van der Waals surface area contributed by atoms with Crippen LogP contribution in [0.2, 0.25) is 0 Å². The molecule has 43 heavy (non-hydrogen) atoms. The third-order valence-corrected chi connectivity index (χ3v) is 10.6. The highest BCUT2D eigenvalue weighted by atomic mass is 16.3. The van der Waals surface area contributed by atoms with Crippen LogP contribution in [0.5, 0.6) is 0 Å². The predicted octanol–water partition coefficient (Wildman–Crippen LogP) is 10.4. The number of rotatable bonds is 5. The van der Waals surface area contributed by atoms with Gasteiger partial charge in [-0.1, -0.05) is 91.0 Å². The first-order valence-electron chi connectivity index (χ1n) is 15.8. The molecule has 4 aliphatic carbocycles. The highest BCUT2D eigenvalue weighted by Gasteiger charge is 2.52. The van der Waals surface area contributed by atoms with E-state index in [0.717, 1.165) is 73.6 Å². The second-order valence-corrected chi connectivity index (χ2v) is 13.3. The van der Waals surface area contributed by atoms with Crippen molar-refractivity contribution in [1.82, 2.24) is 9.97 Å². The van der Waals surface area contributed by atoms with Crippen molar-refractivity contribution in [2.75, 3.05) is 0 Å². The summed E-state index contributed by atoms with van der Waals surface area (Å²) in [5.41, 5.74) is 12.5. The molecule has 10 rings (SSSR count). The van der Waals surface area contributed by atoms with Crippen LogP contribution >= 0.6 is 0 Å². The quantitative estimate of drug-likeness (QED) is 0.211. The Morgan fingerprint density at radius 2 is 1.14 bits per heavy atom. The number of aromatic nitrogens is 2. The molecule has 0 atom stereocenters. The second-order valence-electron chi connectivity index (χ2n) is 13.3. The van der Waals surface area contributed by atoms with E-state index in [1.54, 1.807) is 6.39 Å². The van der Waals surface area contributed by atoms with Crippen LogP contribution in [0.1, 0.15) is 44.1 Å². The molecule has 2 heterocycles. The van der Waals surface area contributed by atoms with Gasteiger partial charge in [-0.2, -0.15) is 0 Å². The van der Waals surface area contributed by atoms with Crippen molar-refractivity contribution in [1.29, 1.82) is 0 Å². The van der Waals surface area contributed by atoms with Gasteiger partial charge in [0.2, 0.25) is 0 Å². The Balaban J connectivity index is 1.14. The van der Waals surface area contributed by atoms with Crippen molar-refractivity contribution in [2.24, 2.45) is 17.8 Å². The Bertz CT molecular complexity index is 1860. The van der Waals surface area contributed by atoms with Crippen LogP contribution in [0.15, 0.2) is 120 Å². The fourth-order valence-electron chi connectivity index (χ4n) is 9.12. The van der Waals surface area contributed by atoms with Crippen molar-refractivity contribution in [2.45, 2.75) is 43.9 Å². The molecule has 0 saturated heterocycles. The SMILES string of the molecule is c1ccc(-c2cc(-c3cccc(-c4ccc(C56CC7CC(CC(C7)C5)C6)c5ncoc45)c3)cc(-c3ccccc3)n2)cc1. The molecule has 4 aromatic carbocycles. The highest BCUT2D eigenvalue weighted by Crippen LogP contribution is 2.61. The molecule has 0 aliphatic heterocycles. The van der Waals surface area contributed by atoms with Crippen LogP contribution in [0.25, 0.3) is 55.9 Å². The minimum Gasteiger partial charge on any atom is -0.443 e. The van der Waals surface area contributed by atoms with Gasteiger partial charge in [0.25, 0.3) is 0 Å². The molecule has 6 aromatic rings. The fraction of sp³-hybridized carbons (Fsp3) is 0.250. The zero-order valence-electron chi connectivity index (χ0n) is 24.2. The summed E-state index contributed by atoms with van der Waals surface area (Å²) in [6, 6.07) is 38.9. The van der Waals surface area contributed by atoms with E-state index in [1.807, 2.05) is 12.1 Å². The number of nitrogens with zero attached hydrogens (tertiary/aromatic N) is 2. The Morgan fingerprint density at radius 3 is 1.77 bits per heavy atom. The highest BCUT2D eigenvalue weighted by molar-refractivity contribution is 5.94. The first-order chi connectivity index (χ1) is 21.2. The Kier molecular flexibility index (Phi) is 5.69. The molecular weight excluding hydrogens is 524 g/mol. The molecule has 0 unspecified atom stereocenters. The lowest BCUT2D eigenvalue weighted by Crippen LogP contribution is -2.48. The Labute approximate surface area is 252 Å². The monoisotopic (exact) mass is 558 g/mol. The normalized spacial score (nSPS) is 24.0. The largest absolute Gasteiger partial charge is 0.443 e. The van der Waals surface area contributed by atoms with Gasteiger partial charge >= 0.3 is 0 Å². The topological polar surface area (TPSA) is 38.9 Å². The molecule has 0 N–H and O–H groups in total. The lowest BCUT2D eigenvalue weighted by atomic mass is 9.48. The maximum atomic E-state index is 6.19. The molecule has 4 saturated carbocycles. The molecule has 4 aliphatic rings. The minimum absolute atomic E-state index is 0.281. The fourth-order valence-corrected chi connectivity index (χ4v) is 9.12. The van der Waals surface area contributed by atoms with Gasteiger partial charge in [0.05, 0.1) is 11.4 Å². The number of hydrogen-bond acceptors (Lipinski definition) is 3. The lowest BCUT2D eigenvalue weighted by molar-refractivity contribution is -0.00457. The van der Waals surface area contributed by atoms with E-state index in [4.69, 9.17) is 14.4 Å². The number of benzene rings is 4. The van der Waals surface area contributed by atoms with Crippen LogP contribution in [0.3, 0.4) is 0 Å². The van der Waals surface area contributed by atoms with Crippen LogP contribution in [0.4, 0.5) is 0 Å². The van der Waals surface area contributed by atoms with Gasteiger partial charge in [-0.3, -0.25) is 0 Å². The zero-order valence-corrected chi connectivity index (χ0v) is 24.2. The molecule has 3 nitrogen and oxygen atoms in total. The van der Waals surface area contributed by atoms with Gasteiger partial charge in [0.15, 0.2) is 12.0 Å². The van der Waals surface area contributed by atoms with E-state index in [2.05, 4.69) is 97.1 Å². The van der Waals surface area contributed by atoms with Crippen molar-refractivity contribution in [3.05, 3.63) is 121 Å². The predicted molar refractivity (Wildman–Crippen MR) is 173 cm³/mol. The molecule has 3 heteroatoms. The summed E-state index contributed by atoms with van der Waals surface area (Å²) in [7, 11) is 0. The van der Waals surface area contributed by atoms with Crippen LogP contribution in [-0.4, -0.2) is 9.97 Å². The third-order valence-electron chi connectivity index (χ3n) is 10.6. The van der Waals surface area contributed by atoms with Crippen molar-refractivity contribution in [3.8, 4) is 44.8 Å². The first-order valence-corrected chi connectivity index (χ1v) is 15.8. The number of hydrogen-bond donors (Lipinski definition) is 0. The van der Waals surface area contributed by atoms with Gasteiger partial charge in [0, 0.05) is 16.7 Å². The summed E-state index contributed by atoms with van der Waals surface area (Å²) in [4.78, 5) is 9.94. The summed E-state index contributed by atoms with van der Waals surface area (Å²) in [6.45, 7) is 0. The van der Waals surface area contributed by atoms with Gasteiger partial charge in [-0.25, -0.2) is 9.97 Å². The first kappa shape index (κ1) is 25.0. The van der Waals surface area contributed by atoms with Crippen molar-refractivity contribution >= 4 is 11.1 Å². The van der Waals surface area contributed by atoms with Gasteiger partial charge in [0.1, 0.15) is 5.52 Å². The van der Waals surface area contributed by atoms with Gasteiger partial charge < -0.3 is 4.42 Å². The molecule has 0 amide bonds. The Morgan fingerprint density at radius 1 is 0.558 bits per heavy atom. The average Bonchev–Trinajstić information content (AvgIpc) is 3.55. The van der Waals surface area contributed by atoms with Gasteiger partial charge in [-0.15, -0.1) is 0 Å². The van der Waals surface area contributed by atoms with E-state index < -0.39 is 0 Å². The number of oxazole rings is 1. The summed E-state index contributed by atoms with van der Waals surface area (Å²) in [5.74, 6) is 2.68. The summed E-state index contributed by atoms with van der Waals surface area (Å²) in [6.07, 6.45) is 9.96. The molecule has 4 bridgehead atoms. The molecule has 0 radical (unpaired) electrons. The van der Waals surface area contributed by atoms with Crippen LogP contribution in [0, 0.1) is 17.8 Å². The maximum Gasteiger partial charge on any atom is 0.182 e. The van der Waals surface area contributed by atoms with Crippen LogP contribution in [-0.2, 0) is 5.41 Å². The van der Waals surface area contributed by atoms with Gasteiger partial charge in [-0.05, 0) is 102 Å². The maximum absolute atomic E-state index is 6.19. The molecular formula is C40H34N2O. The number of pyridine rings is 1. The smallest absolute Gasteiger partial charge is 0.182 e. The number of fused-ring (bicyclic) bond motifs is 1. The van der Waals surface area contributed by atoms with E-state index in [9.17, 15) is 0 Å². The average molecular weight is 559 g/mol. The Hall–Kier alpha value is -4.50. The van der Waals surface area contributed by atoms with Crippen molar-refractivity contribution in [3.63, 3.8) is 0 Å². The summed E-state index contributed by atoms with van der Waals surface area (Å²) >= 11 is 0. The van der Waals surface area contributed by atoms with E-state index in [1.165, 1.54) is 44.1 Å². The zero-order chi connectivity index (χ0) is 28.4. The van der Waals surface area contributed by atoms with E-state index in [-0.39, 0.29) is 5.41 Å². The van der Waals surface area contributed by atoms with Crippen molar-refractivity contribution < 1.29 is 4.42 Å². The lowest BCUT2D eigenvalue weighted by Gasteiger charge is -2.57. The summed E-state index contributed by atoms with van der Waals surface area (Å²) < 4.78 is 6.19. The molecule has 2 aromatic heterocycles. The van der Waals surface area contributed by atoms with E-state index >= 15 is 0 Å². The molecule has 210 valence electrons. The summed E-state index contributed by atoms with van der Waals surface area (Å²) in [5, 5.41) is 0. The molecule has 4 fully saturated rings. The molecule has 0 spiro atoms. The van der Waals surface area contributed by atoms with Crippen LogP contribution < -0.4 is 0 Å².